The first kappa shape index (κ1) is 19.7. The third kappa shape index (κ3) is 3.96. The molecule has 5 nitrogen and oxygen atoms in total. The molecule has 1 aromatic carbocycles. The molecule has 0 amide bonds. The standard InChI is InChI=1S/C20H24ClN3O2S/c1-5-9-24(10-6-2)18-17-14(12-27-19(17)23-20(21)22-18)13-7-8-15(25-3)16(11-13)26-4/h7-8,11-12H,5-6,9-10H2,1-4H3. The van der Waals surface area contributed by atoms with E-state index in [2.05, 4.69) is 34.1 Å². The zero-order valence-corrected chi connectivity index (χ0v) is 17.7. The number of benzene rings is 1. The maximum absolute atomic E-state index is 6.23. The molecule has 3 aromatic rings. The van der Waals surface area contributed by atoms with Crippen molar-refractivity contribution in [3.8, 4) is 22.6 Å². The lowest BCUT2D eigenvalue weighted by molar-refractivity contribution is 0.355. The van der Waals surface area contributed by atoms with E-state index in [4.69, 9.17) is 21.1 Å². The number of methoxy groups -OCH3 is 2. The smallest absolute Gasteiger partial charge is 0.225 e. The van der Waals surface area contributed by atoms with Gasteiger partial charge in [-0.1, -0.05) is 19.9 Å². The Morgan fingerprint density at radius 3 is 2.37 bits per heavy atom. The SMILES string of the molecule is CCCN(CCC)c1nc(Cl)nc2scc(-c3ccc(OC)c(OC)c3)c12. The number of fused-ring (bicyclic) bond motifs is 1. The van der Waals surface area contributed by atoms with E-state index in [1.165, 1.54) is 0 Å². The number of halogens is 1. The van der Waals surface area contributed by atoms with Gasteiger partial charge in [0.05, 0.1) is 19.6 Å². The molecule has 27 heavy (non-hydrogen) atoms. The highest BCUT2D eigenvalue weighted by Crippen LogP contribution is 2.41. The van der Waals surface area contributed by atoms with Gasteiger partial charge in [-0.05, 0) is 42.1 Å². The molecule has 2 heterocycles. The van der Waals surface area contributed by atoms with Crippen LogP contribution in [0.5, 0.6) is 11.5 Å². The largest absolute Gasteiger partial charge is 0.493 e. The van der Waals surface area contributed by atoms with Gasteiger partial charge in [0.2, 0.25) is 5.28 Å². The maximum atomic E-state index is 6.23. The summed E-state index contributed by atoms with van der Waals surface area (Å²) in [6.07, 6.45) is 2.08. The van der Waals surface area contributed by atoms with Gasteiger partial charge in [-0.25, -0.2) is 4.98 Å². The highest BCUT2D eigenvalue weighted by molar-refractivity contribution is 7.17. The zero-order valence-electron chi connectivity index (χ0n) is 16.1. The van der Waals surface area contributed by atoms with Crippen LogP contribution in [0.3, 0.4) is 0 Å². The fourth-order valence-corrected chi connectivity index (χ4v) is 4.36. The summed E-state index contributed by atoms with van der Waals surface area (Å²) in [4.78, 5) is 12.3. The van der Waals surface area contributed by atoms with E-state index in [0.717, 1.165) is 53.1 Å². The topological polar surface area (TPSA) is 47.5 Å². The molecule has 0 atom stereocenters. The summed E-state index contributed by atoms with van der Waals surface area (Å²) in [5, 5.41) is 3.44. The Hall–Kier alpha value is -2.05. The summed E-state index contributed by atoms with van der Waals surface area (Å²) < 4.78 is 10.8. The number of aromatic nitrogens is 2. The number of thiophene rings is 1. The molecule has 0 aliphatic rings. The summed E-state index contributed by atoms with van der Waals surface area (Å²) in [7, 11) is 3.28. The van der Waals surface area contributed by atoms with E-state index in [1.807, 2.05) is 18.2 Å². The van der Waals surface area contributed by atoms with Gasteiger partial charge in [-0.2, -0.15) is 4.98 Å². The van der Waals surface area contributed by atoms with Crippen molar-refractivity contribution >= 4 is 39.0 Å². The minimum Gasteiger partial charge on any atom is -0.493 e. The van der Waals surface area contributed by atoms with Gasteiger partial charge in [0.1, 0.15) is 10.6 Å². The molecule has 7 heteroatoms. The van der Waals surface area contributed by atoms with Crippen molar-refractivity contribution in [2.45, 2.75) is 26.7 Å². The number of ether oxygens (including phenoxy) is 2. The molecule has 0 N–H and O–H groups in total. The van der Waals surface area contributed by atoms with Crippen molar-refractivity contribution in [1.82, 2.24) is 9.97 Å². The predicted molar refractivity (Wildman–Crippen MR) is 114 cm³/mol. The molecule has 144 valence electrons. The number of hydrogen-bond acceptors (Lipinski definition) is 6. The van der Waals surface area contributed by atoms with Crippen molar-refractivity contribution in [3.63, 3.8) is 0 Å². The van der Waals surface area contributed by atoms with Gasteiger partial charge >= 0.3 is 0 Å². The normalized spacial score (nSPS) is 11.0. The lowest BCUT2D eigenvalue weighted by atomic mass is 10.0. The number of rotatable bonds is 8. The van der Waals surface area contributed by atoms with Gasteiger partial charge in [0, 0.05) is 24.0 Å². The van der Waals surface area contributed by atoms with Crippen LogP contribution >= 0.6 is 22.9 Å². The molecule has 0 saturated carbocycles. The highest BCUT2D eigenvalue weighted by atomic mass is 35.5. The Morgan fingerprint density at radius 1 is 1.04 bits per heavy atom. The quantitative estimate of drug-likeness (QED) is 0.453. The van der Waals surface area contributed by atoms with E-state index >= 15 is 0 Å². The van der Waals surface area contributed by atoms with E-state index in [-0.39, 0.29) is 5.28 Å². The van der Waals surface area contributed by atoms with E-state index < -0.39 is 0 Å². The summed E-state index contributed by atoms with van der Waals surface area (Å²) in [6.45, 7) is 6.20. The van der Waals surface area contributed by atoms with Crippen LogP contribution in [-0.2, 0) is 0 Å². The van der Waals surface area contributed by atoms with Crippen LogP contribution in [0.2, 0.25) is 5.28 Å². The molecule has 0 bridgehead atoms. The van der Waals surface area contributed by atoms with Crippen molar-refractivity contribution in [1.29, 1.82) is 0 Å². The number of hydrogen-bond donors (Lipinski definition) is 0. The lowest BCUT2D eigenvalue weighted by Crippen LogP contribution is -2.26. The third-order valence-electron chi connectivity index (χ3n) is 4.37. The van der Waals surface area contributed by atoms with Gasteiger partial charge in [0.15, 0.2) is 11.5 Å². The Bertz CT molecular complexity index is 923. The van der Waals surface area contributed by atoms with Crippen LogP contribution in [-0.4, -0.2) is 37.3 Å². The molecule has 0 fully saturated rings. The average molecular weight is 406 g/mol. The van der Waals surface area contributed by atoms with Crippen LogP contribution in [0.1, 0.15) is 26.7 Å². The molecule has 0 aliphatic carbocycles. The van der Waals surface area contributed by atoms with Gasteiger partial charge in [-0.15, -0.1) is 11.3 Å². The Kier molecular flexibility index (Phi) is 6.39. The van der Waals surface area contributed by atoms with E-state index in [0.29, 0.717) is 11.5 Å². The van der Waals surface area contributed by atoms with E-state index in [1.54, 1.807) is 25.6 Å². The van der Waals surface area contributed by atoms with Crippen LogP contribution in [0.4, 0.5) is 5.82 Å². The first-order chi connectivity index (χ1) is 13.1. The summed E-state index contributed by atoms with van der Waals surface area (Å²) in [6, 6.07) is 5.94. The van der Waals surface area contributed by atoms with Crippen LogP contribution in [0.15, 0.2) is 23.6 Å². The fourth-order valence-electron chi connectivity index (χ4n) is 3.21. The van der Waals surface area contributed by atoms with Crippen LogP contribution in [0.25, 0.3) is 21.3 Å². The molecule has 0 spiro atoms. The molecule has 3 rings (SSSR count). The molecule has 0 radical (unpaired) electrons. The van der Waals surface area contributed by atoms with Gasteiger partial charge < -0.3 is 14.4 Å². The second-order valence-electron chi connectivity index (χ2n) is 6.20. The van der Waals surface area contributed by atoms with E-state index in [9.17, 15) is 0 Å². The second kappa shape index (κ2) is 8.76. The molecule has 0 unspecified atom stereocenters. The fraction of sp³-hybridized carbons (Fsp3) is 0.400. The van der Waals surface area contributed by atoms with Crippen molar-refractivity contribution in [2.75, 3.05) is 32.2 Å². The maximum Gasteiger partial charge on any atom is 0.225 e. The van der Waals surface area contributed by atoms with Gasteiger partial charge in [-0.3, -0.25) is 0 Å². The average Bonchev–Trinajstić information content (AvgIpc) is 3.10. The predicted octanol–water partition coefficient (Wildman–Crippen LogP) is 5.66. The number of anilines is 1. The van der Waals surface area contributed by atoms with Crippen molar-refractivity contribution in [2.24, 2.45) is 0 Å². The Balaban J connectivity index is 2.20. The first-order valence-corrected chi connectivity index (χ1v) is 10.3. The van der Waals surface area contributed by atoms with Crippen molar-refractivity contribution < 1.29 is 9.47 Å². The molecular formula is C20H24ClN3O2S. The Morgan fingerprint density at radius 2 is 1.74 bits per heavy atom. The molecule has 0 aliphatic heterocycles. The number of nitrogens with zero attached hydrogens (tertiary/aromatic N) is 3. The lowest BCUT2D eigenvalue weighted by Gasteiger charge is -2.24. The molecule has 2 aromatic heterocycles. The summed E-state index contributed by atoms with van der Waals surface area (Å²) in [5.41, 5.74) is 2.12. The van der Waals surface area contributed by atoms with Crippen LogP contribution < -0.4 is 14.4 Å². The van der Waals surface area contributed by atoms with Crippen LogP contribution in [0, 0.1) is 0 Å². The third-order valence-corrected chi connectivity index (χ3v) is 5.41. The minimum absolute atomic E-state index is 0.287. The monoisotopic (exact) mass is 405 g/mol. The highest BCUT2D eigenvalue weighted by Gasteiger charge is 2.19. The summed E-state index contributed by atoms with van der Waals surface area (Å²) in [5.74, 6) is 2.31. The summed E-state index contributed by atoms with van der Waals surface area (Å²) >= 11 is 7.81. The molecular weight excluding hydrogens is 382 g/mol. The Labute approximate surface area is 168 Å². The molecule has 0 saturated heterocycles. The minimum atomic E-state index is 0.287. The first-order valence-electron chi connectivity index (χ1n) is 9.04. The van der Waals surface area contributed by atoms with Crippen molar-refractivity contribution in [3.05, 3.63) is 28.9 Å². The zero-order chi connectivity index (χ0) is 19.4. The second-order valence-corrected chi connectivity index (χ2v) is 7.40. The van der Waals surface area contributed by atoms with Gasteiger partial charge in [0.25, 0.3) is 0 Å².